The van der Waals surface area contributed by atoms with Gasteiger partial charge in [-0.05, 0) is 56.4 Å². The van der Waals surface area contributed by atoms with Gasteiger partial charge in [0.25, 0.3) is 0 Å². The van der Waals surface area contributed by atoms with Crippen LogP contribution in [-0.2, 0) is 0 Å². The summed E-state index contributed by atoms with van der Waals surface area (Å²) in [6.07, 6.45) is 11.7. The van der Waals surface area contributed by atoms with Crippen LogP contribution in [0.2, 0.25) is 0 Å². The number of hydrogen-bond donors (Lipinski definition) is 2. The zero-order chi connectivity index (χ0) is 26.1. The molecule has 1 saturated heterocycles. The molecule has 1 aromatic carbocycles. The summed E-state index contributed by atoms with van der Waals surface area (Å²) in [5.41, 5.74) is 4.28. The molecule has 1 aliphatic heterocycles. The van der Waals surface area contributed by atoms with Crippen molar-refractivity contribution >= 4 is 23.4 Å². The van der Waals surface area contributed by atoms with E-state index in [1.54, 1.807) is 0 Å². The van der Waals surface area contributed by atoms with Crippen LogP contribution < -0.4 is 15.5 Å². The summed E-state index contributed by atoms with van der Waals surface area (Å²) in [5, 5.41) is 6.64. The lowest BCUT2D eigenvalue weighted by Gasteiger charge is -2.29. The minimum Gasteiger partial charge on any atom is -0.369 e. The number of rotatable bonds is 5. The molecular weight excluding hydrogens is 430 g/mol. The van der Waals surface area contributed by atoms with Gasteiger partial charge in [0.15, 0.2) is 0 Å². The van der Waals surface area contributed by atoms with Gasteiger partial charge in [-0.15, -0.1) is 0 Å². The second-order valence-electron chi connectivity index (χ2n) is 8.84. The smallest absolute Gasteiger partial charge is 0.227 e. The molecule has 1 aliphatic carbocycles. The fourth-order valence-electron chi connectivity index (χ4n) is 4.38. The van der Waals surface area contributed by atoms with E-state index in [0.717, 1.165) is 55.0 Å². The highest BCUT2D eigenvalue weighted by molar-refractivity contribution is 5.60. The standard InChI is InChI=1S/C18H23N5.C8H16.2C2H6/c1-3-4-15-13-20-18(21-14(15)2)22-16-5-7-17(8-6-16)23-11-9-19-10-12-23;1-3-8-5-4-7(2)6-8;2*1-2/h3-8,13,19H,9-12H2,1-2H3,(H,20,21,22);7-8H,3-6H2,1-2H3;2*1-2H3/b4-3-;;;. The van der Waals surface area contributed by atoms with Crippen LogP contribution in [0.3, 0.4) is 0 Å². The van der Waals surface area contributed by atoms with Gasteiger partial charge in [-0.25, -0.2) is 9.97 Å². The first kappa shape index (κ1) is 30.6. The van der Waals surface area contributed by atoms with E-state index in [1.165, 1.54) is 31.4 Å². The molecule has 1 saturated carbocycles. The number of nitrogens with zero attached hydrogens (tertiary/aromatic N) is 3. The van der Waals surface area contributed by atoms with Gasteiger partial charge in [0, 0.05) is 49.3 Å². The summed E-state index contributed by atoms with van der Waals surface area (Å²) in [5.74, 6) is 2.73. The maximum Gasteiger partial charge on any atom is 0.227 e. The van der Waals surface area contributed by atoms with Crippen LogP contribution in [0.5, 0.6) is 0 Å². The van der Waals surface area contributed by atoms with E-state index in [1.807, 2.05) is 59.9 Å². The number of anilines is 3. The topological polar surface area (TPSA) is 53.1 Å². The maximum absolute atomic E-state index is 4.51. The predicted octanol–water partition coefficient (Wildman–Crippen LogP) is 7.86. The van der Waals surface area contributed by atoms with Crippen LogP contribution >= 0.6 is 0 Å². The van der Waals surface area contributed by atoms with Crippen molar-refractivity contribution in [2.24, 2.45) is 11.8 Å². The minimum absolute atomic E-state index is 0.630. The van der Waals surface area contributed by atoms with E-state index >= 15 is 0 Å². The predicted molar refractivity (Wildman–Crippen MR) is 156 cm³/mol. The molecule has 2 aromatic rings. The van der Waals surface area contributed by atoms with Crippen LogP contribution in [-0.4, -0.2) is 36.1 Å². The molecule has 0 radical (unpaired) electrons. The Hall–Kier alpha value is -2.40. The normalized spacial score (nSPS) is 19.0. The second-order valence-corrected chi connectivity index (χ2v) is 8.84. The van der Waals surface area contributed by atoms with E-state index in [0.29, 0.717) is 5.95 Å². The van der Waals surface area contributed by atoms with Gasteiger partial charge < -0.3 is 15.5 Å². The first-order valence-corrected chi connectivity index (χ1v) is 13.9. The molecular formula is C30H51N5. The molecule has 5 heteroatoms. The first-order chi connectivity index (χ1) is 17.1. The Bertz CT molecular complexity index is 825. The molecule has 1 aromatic heterocycles. The molecule has 2 heterocycles. The summed E-state index contributed by atoms with van der Waals surface area (Å²) >= 11 is 0. The Labute approximate surface area is 215 Å². The highest BCUT2D eigenvalue weighted by Gasteiger charge is 2.18. The molecule has 35 heavy (non-hydrogen) atoms. The average Bonchev–Trinajstić information content (AvgIpc) is 3.35. The summed E-state index contributed by atoms with van der Waals surface area (Å²) in [6.45, 7) is 20.9. The first-order valence-electron chi connectivity index (χ1n) is 13.9. The summed E-state index contributed by atoms with van der Waals surface area (Å²) in [6, 6.07) is 8.45. The monoisotopic (exact) mass is 481 g/mol. The van der Waals surface area contributed by atoms with Crippen molar-refractivity contribution in [3.8, 4) is 0 Å². The van der Waals surface area contributed by atoms with Crippen molar-refractivity contribution in [2.75, 3.05) is 36.4 Å². The van der Waals surface area contributed by atoms with E-state index in [9.17, 15) is 0 Å². The molecule has 196 valence electrons. The van der Waals surface area contributed by atoms with Crippen LogP contribution in [0.15, 0.2) is 36.5 Å². The number of hydrogen-bond acceptors (Lipinski definition) is 5. The molecule has 5 nitrogen and oxygen atoms in total. The number of allylic oxidation sites excluding steroid dienone is 1. The van der Waals surface area contributed by atoms with Crippen molar-refractivity contribution in [1.82, 2.24) is 15.3 Å². The molecule has 4 rings (SSSR count). The SMILES string of the molecule is C/C=C\c1cnc(Nc2ccc(N3CCNCC3)cc2)nc1C.CC.CC.CCC1CCC(C)C1. The third-order valence-electron chi connectivity index (χ3n) is 6.35. The maximum atomic E-state index is 4.51. The Morgan fingerprint density at radius 3 is 2.20 bits per heavy atom. The molecule has 2 fully saturated rings. The Morgan fingerprint density at radius 2 is 1.71 bits per heavy atom. The fourth-order valence-corrected chi connectivity index (χ4v) is 4.38. The Morgan fingerprint density at radius 1 is 1.06 bits per heavy atom. The van der Waals surface area contributed by atoms with Gasteiger partial charge in [-0.3, -0.25) is 0 Å². The van der Waals surface area contributed by atoms with Gasteiger partial charge in [0.2, 0.25) is 5.95 Å². The quantitative estimate of drug-likeness (QED) is 0.455. The molecule has 2 aliphatic rings. The summed E-state index contributed by atoms with van der Waals surface area (Å²) in [7, 11) is 0. The van der Waals surface area contributed by atoms with Crippen LogP contribution in [0.25, 0.3) is 6.08 Å². The highest BCUT2D eigenvalue weighted by Crippen LogP contribution is 2.31. The third-order valence-corrected chi connectivity index (χ3v) is 6.35. The fraction of sp³-hybridized carbons (Fsp3) is 0.600. The number of nitrogens with one attached hydrogen (secondary N) is 2. The van der Waals surface area contributed by atoms with Gasteiger partial charge in [-0.1, -0.05) is 73.0 Å². The molecule has 0 amide bonds. The van der Waals surface area contributed by atoms with Crippen molar-refractivity contribution in [1.29, 1.82) is 0 Å². The zero-order valence-electron chi connectivity index (χ0n) is 23.7. The Balaban J connectivity index is 0.000000427. The highest BCUT2D eigenvalue weighted by atomic mass is 15.2. The van der Waals surface area contributed by atoms with Gasteiger partial charge in [-0.2, -0.15) is 0 Å². The van der Waals surface area contributed by atoms with E-state index < -0.39 is 0 Å². The van der Waals surface area contributed by atoms with E-state index in [4.69, 9.17) is 0 Å². The van der Waals surface area contributed by atoms with Gasteiger partial charge >= 0.3 is 0 Å². The largest absolute Gasteiger partial charge is 0.369 e. The lowest BCUT2D eigenvalue weighted by atomic mass is 10.0. The van der Waals surface area contributed by atoms with Crippen LogP contribution in [0.1, 0.15) is 85.4 Å². The van der Waals surface area contributed by atoms with Crippen molar-refractivity contribution in [3.63, 3.8) is 0 Å². The van der Waals surface area contributed by atoms with Crippen molar-refractivity contribution in [2.45, 2.75) is 81.1 Å². The summed E-state index contributed by atoms with van der Waals surface area (Å²) in [4.78, 5) is 11.3. The lowest BCUT2D eigenvalue weighted by Crippen LogP contribution is -2.43. The second kappa shape index (κ2) is 18.0. The van der Waals surface area contributed by atoms with E-state index in [-0.39, 0.29) is 0 Å². The third kappa shape index (κ3) is 10.8. The number of aryl methyl sites for hydroxylation is 1. The van der Waals surface area contributed by atoms with E-state index in [2.05, 4.69) is 63.6 Å². The summed E-state index contributed by atoms with van der Waals surface area (Å²) < 4.78 is 0. The molecule has 2 N–H and O–H groups in total. The number of aromatic nitrogens is 2. The van der Waals surface area contributed by atoms with Gasteiger partial charge in [0.05, 0.1) is 5.69 Å². The molecule has 0 spiro atoms. The zero-order valence-corrected chi connectivity index (χ0v) is 23.7. The number of benzene rings is 1. The Kier molecular flexibility index (Phi) is 15.7. The molecule has 2 unspecified atom stereocenters. The minimum atomic E-state index is 0.630. The lowest BCUT2D eigenvalue weighted by molar-refractivity contribution is 0.501. The number of piperazine rings is 1. The van der Waals surface area contributed by atoms with Gasteiger partial charge in [0.1, 0.15) is 0 Å². The molecule has 0 bridgehead atoms. The van der Waals surface area contributed by atoms with Crippen molar-refractivity contribution in [3.05, 3.63) is 47.8 Å². The van der Waals surface area contributed by atoms with Crippen LogP contribution in [0, 0.1) is 18.8 Å². The van der Waals surface area contributed by atoms with Crippen molar-refractivity contribution < 1.29 is 0 Å². The molecule has 2 atom stereocenters. The van der Waals surface area contributed by atoms with Crippen LogP contribution in [0.4, 0.5) is 17.3 Å². The average molecular weight is 482 g/mol.